The summed E-state index contributed by atoms with van der Waals surface area (Å²) in [5, 5.41) is 1.67. The van der Waals surface area contributed by atoms with Gasteiger partial charge in [0.2, 0.25) is 0 Å². The molecule has 6 heteroatoms. The first-order valence-corrected chi connectivity index (χ1v) is 7.76. The van der Waals surface area contributed by atoms with Crippen molar-refractivity contribution < 1.29 is 8.42 Å². The molecule has 0 saturated carbocycles. The molecule has 3 aromatic rings. The van der Waals surface area contributed by atoms with Gasteiger partial charge in [-0.05, 0) is 36.4 Å². The van der Waals surface area contributed by atoms with Crippen molar-refractivity contribution in [3.63, 3.8) is 0 Å². The van der Waals surface area contributed by atoms with Gasteiger partial charge in [-0.15, -0.1) is 0 Å². The maximum atomic E-state index is 12.4. The third-order valence-corrected chi connectivity index (χ3v) is 4.50. The highest BCUT2D eigenvalue weighted by molar-refractivity contribution is 7.92. The molecular formula is C15H13N3O2S. The Morgan fingerprint density at radius 3 is 2.52 bits per heavy atom. The van der Waals surface area contributed by atoms with Gasteiger partial charge in [0.25, 0.3) is 10.0 Å². The van der Waals surface area contributed by atoms with Crippen molar-refractivity contribution in [3.05, 3.63) is 60.9 Å². The van der Waals surface area contributed by atoms with Gasteiger partial charge in [0.05, 0.1) is 10.6 Å². The van der Waals surface area contributed by atoms with Crippen LogP contribution in [0.1, 0.15) is 0 Å². The summed E-state index contributed by atoms with van der Waals surface area (Å²) >= 11 is 0. The Morgan fingerprint density at radius 2 is 1.76 bits per heavy atom. The Labute approximate surface area is 122 Å². The summed E-state index contributed by atoms with van der Waals surface area (Å²) in [6.45, 7) is 0. The van der Waals surface area contributed by atoms with Crippen molar-refractivity contribution in [1.82, 2.24) is 4.98 Å². The van der Waals surface area contributed by atoms with E-state index in [1.54, 1.807) is 42.7 Å². The quantitative estimate of drug-likeness (QED) is 0.728. The van der Waals surface area contributed by atoms with Crippen molar-refractivity contribution in [1.29, 1.82) is 0 Å². The minimum absolute atomic E-state index is 0.169. The summed E-state index contributed by atoms with van der Waals surface area (Å²) < 4.78 is 27.4. The fraction of sp³-hybridized carbons (Fsp3) is 0. The van der Waals surface area contributed by atoms with Crippen molar-refractivity contribution in [3.8, 4) is 0 Å². The van der Waals surface area contributed by atoms with E-state index in [1.165, 1.54) is 12.1 Å². The molecule has 3 N–H and O–H groups in total. The first kappa shape index (κ1) is 13.4. The lowest BCUT2D eigenvalue weighted by Gasteiger charge is -2.10. The first-order chi connectivity index (χ1) is 10.1. The molecule has 0 spiro atoms. The van der Waals surface area contributed by atoms with Crippen LogP contribution in [0, 0.1) is 0 Å². The van der Waals surface area contributed by atoms with Gasteiger partial charge in [0.15, 0.2) is 0 Å². The number of nitrogens with two attached hydrogens (primary N) is 1. The molecule has 0 saturated heterocycles. The molecule has 0 aliphatic carbocycles. The van der Waals surface area contributed by atoms with Crippen molar-refractivity contribution >= 4 is 32.2 Å². The van der Waals surface area contributed by atoms with Gasteiger partial charge < -0.3 is 5.73 Å². The van der Waals surface area contributed by atoms with Crippen LogP contribution in [0.15, 0.2) is 65.8 Å². The van der Waals surface area contributed by atoms with Crippen LogP contribution in [0.2, 0.25) is 0 Å². The smallest absolute Gasteiger partial charge is 0.261 e. The lowest BCUT2D eigenvalue weighted by Crippen LogP contribution is -2.13. The predicted octanol–water partition coefficient (Wildman–Crippen LogP) is 2.62. The van der Waals surface area contributed by atoms with Crippen LogP contribution < -0.4 is 10.5 Å². The summed E-state index contributed by atoms with van der Waals surface area (Å²) in [6, 6.07) is 13.2. The molecule has 0 amide bonds. The molecule has 1 heterocycles. The molecule has 0 unspecified atom stereocenters. The molecule has 106 valence electrons. The Hall–Kier alpha value is -2.60. The summed E-state index contributed by atoms with van der Waals surface area (Å²) in [5.41, 5.74) is 6.61. The number of anilines is 2. The molecule has 21 heavy (non-hydrogen) atoms. The van der Waals surface area contributed by atoms with Gasteiger partial charge in [0.1, 0.15) is 0 Å². The summed E-state index contributed by atoms with van der Waals surface area (Å²) in [5.74, 6) is 0. The molecule has 0 fully saturated rings. The Balaban J connectivity index is 2.03. The number of rotatable bonds is 3. The van der Waals surface area contributed by atoms with Crippen LogP contribution in [-0.2, 0) is 10.0 Å². The number of fused-ring (bicyclic) bond motifs is 1. The standard InChI is InChI=1S/C15H13N3O2S/c16-12-4-6-13(7-5-12)21(19,20)18-15-3-1-2-11-10-17-9-8-14(11)15/h1-10,18H,16H2. The number of nitrogens with zero attached hydrogens (tertiary/aromatic N) is 1. The molecule has 0 bridgehead atoms. The maximum absolute atomic E-state index is 12.4. The van der Waals surface area contributed by atoms with E-state index >= 15 is 0 Å². The second-order valence-corrected chi connectivity index (χ2v) is 6.26. The van der Waals surface area contributed by atoms with E-state index in [4.69, 9.17) is 5.73 Å². The van der Waals surface area contributed by atoms with E-state index in [0.717, 1.165) is 10.8 Å². The van der Waals surface area contributed by atoms with Crippen LogP contribution in [0.4, 0.5) is 11.4 Å². The molecule has 0 aliphatic rings. The van der Waals surface area contributed by atoms with E-state index in [-0.39, 0.29) is 4.90 Å². The van der Waals surface area contributed by atoms with Crippen LogP contribution >= 0.6 is 0 Å². The lowest BCUT2D eigenvalue weighted by molar-refractivity contribution is 0.601. The average Bonchev–Trinajstić information content (AvgIpc) is 2.48. The zero-order valence-electron chi connectivity index (χ0n) is 11.0. The number of hydrogen-bond acceptors (Lipinski definition) is 4. The number of aromatic nitrogens is 1. The Kier molecular flexibility index (Phi) is 3.23. The van der Waals surface area contributed by atoms with Gasteiger partial charge in [-0.3, -0.25) is 9.71 Å². The van der Waals surface area contributed by atoms with E-state index in [1.807, 2.05) is 6.07 Å². The largest absolute Gasteiger partial charge is 0.399 e. The lowest BCUT2D eigenvalue weighted by atomic mass is 10.1. The highest BCUT2D eigenvalue weighted by Gasteiger charge is 2.15. The molecular weight excluding hydrogens is 286 g/mol. The molecule has 2 aromatic carbocycles. The number of hydrogen-bond donors (Lipinski definition) is 2. The molecule has 0 atom stereocenters. The summed E-state index contributed by atoms with van der Waals surface area (Å²) in [6.07, 6.45) is 3.32. The maximum Gasteiger partial charge on any atom is 0.261 e. The second-order valence-electron chi connectivity index (χ2n) is 4.58. The number of sulfonamides is 1. The van der Waals surface area contributed by atoms with Crippen molar-refractivity contribution in [2.45, 2.75) is 4.90 Å². The van der Waals surface area contributed by atoms with E-state index in [0.29, 0.717) is 11.4 Å². The van der Waals surface area contributed by atoms with Crippen molar-refractivity contribution in [2.24, 2.45) is 0 Å². The fourth-order valence-corrected chi connectivity index (χ4v) is 3.14. The number of benzene rings is 2. The van der Waals surface area contributed by atoms with Gasteiger partial charge in [0, 0.05) is 28.9 Å². The monoisotopic (exact) mass is 299 g/mol. The van der Waals surface area contributed by atoms with Gasteiger partial charge in [-0.1, -0.05) is 12.1 Å². The van der Waals surface area contributed by atoms with Gasteiger partial charge >= 0.3 is 0 Å². The highest BCUT2D eigenvalue weighted by atomic mass is 32.2. The van der Waals surface area contributed by atoms with Crippen LogP contribution in [0.3, 0.4) is 0 Å². The third-order valence-electron chi connectivity index (χ3n) is 3.12. The minimum Gasteiger partial charge on any atom is -0.399 e. The third kappa shape index (κ3) is 2.66. The van der Waals surface area contributed by atoms with Gasteiger partial charge in [-0.25, -0.2) is 8.42 Å². The molecule has 5 nitrogen and oxygen atoms in total. The second kappa shape index (κ2) is 5.06. The molecule has 3 rings (SSSR count). The molecule has 0 radical (unpaired) electrons. The number of nitrogens with one attached hydrogen (secondary N) is 1. The normalized spacial score (nSPS) is 11.4. The van der Waals surface area contributed by atoms with Crippen molar-refractivity contribution in [2.75, 3.05) is 10.5 Å². The van der Waals surface area contributed by atoms with Crippen LogP contribution in [-0.4, -0.2) is 13.4 Å². The summed E-state index contributed by atoms with van der Waals surface area (Å²) in [7, 11) is -3.65. The topological polar surface area (TPSA) is 85.1 Å². The van der Waals surface area contributed by atoms with Crippen LogP contribution in [0.25, 0.3) is 10.8 Å². The minimum atomic E-state index is -3.65. The van der Waals surface area contributed by atoms with Crippen LogP contribution in [0.5, 0.6) is 0 Å². The molecule has 0 aliphatic heterocycles. The molecule has 1 aromatic heterocycles. The first-order valence-electron chi connectivity index (χ1n) is 6.27. The average molecular weight is 299 g/mol. The Bertz CT molecular complexity index is 885. The number of nitrogen functional groups attached to an aromatic ring is 1. The fourth-order valence-electron chi connectivity index (χ4n) is 2.06. The van der Waals surface area contributed by atoms with E-state index in [2.05, 4.69) is 9.71 Å². The predicted molar refractivity (Wildman–Crippen MR) is 83.4 cm³/mol. The van der Waals surface area contributed by atoms with Gasteiger partial charge in [-0.2, -0.15) is 0 Å². The highest BCUT2D eigenvalue weighted by Crippen LogP contribution is 2.25. The number of pyridine rings is 1. The summed E-state index contributed by atoms with van der Waals surface area (Å²) in [4.78, 5) is 4.20. The van der Waals surface area contributed by atoms with E-state index in [9.17, 15) is 8.42 Å². The van der Waals surface area contributed by atoms with E-state index < -0.39 is 10.0 Å². The Morgan fingerprint density at radius 1 is 1.00 bits per heavy atom. The zero-order valence-corrected chi connectivity index (χ0v) is 11.8. The SMILES string of the molecule is Nc1ccc(S(=O)(=O)Nc2cccc3cnccc23)cc1. The zero-order chi connectivity index (χ0) is 14.9.